The van der Waals surface area contributed by atoms with Crippen molar-refractivity contribution in [3.63, 3.8) is 0 Å². The Kier molecular flexibility index (Phi) is 2.97. The van der Waals surface area contributed by atoms with Gasteiger partial charge in [-0.2, -0.15) is 0 Å². The summed E-state index contributed by atoms with van der Waals surface area (Å²) in [5.41, 5.74) is 3.61. The zero-order valence-electron chi connectivity index (χ0n) is 10.1. The Morgan fingerprint density at radius 2 is 2.00 bits per heavy atom. The predicted molar refractivity (Wildman–Crippen MR) is 65.1 cm³/mol. The molecule has 1 aromatic rings. The molecule has 3 heteroatoms. The molecule has 0 radical (unpaired) electrons. The number of rotatable bonds is 2. The van der Waals surface area contributed by atoms with E-state index in [2.05, 4.69) is 36.2 Å². The van der Waals surface area contributed by atoms with Crippen molar-refractivity contribution >= 4 is 11.6 Å². The van der Waals surface area contributed by atoms with Crippen molar-refractivity contribution in [1.82, 2.24) is 4.90 Å². The monoisotopic (exact) mass is 218 g/mol. The van der Waals surface area contributed by atoms with Crippen LogP contribution >= 0.6 is 0 Å². The molecule has 3 nitrogen and oxygen atoms in total. The molecule has 0 aliphatic carbocycles. The topological polar surface area (TPSA) is 32.3 Å². The summed E-state index contributed by atoms with van der Waals surface area (Å²) in [6.45, 7) is 7.96. The molecule has 86 valence electrons. The van der Waals surface area contributed by atoms with Crippen molar-refractivity contribution in [3.8, 4) is 0 Å². The standard InChI is InChI=1S/C13H18N2O/c1-9(2)15-7-11-4-5-13(14-10(3)16)6-12(11)8-15/h4-6,9H,7-8H2,1-3H3,(H,14,16). The van der Waals surface area contributed by atoms with Crippen LogP contribution in [0.2, 0.25) is 0 Å². The summed E-state index contributed by atoms with van der Waals surface area (Å²) < 4.78 is 0. The van der Waals surface area contributed by atoms with Crippen LogP contribution in [0.4, 0.5) is 5.69 Å². The largest absolute Gasteiger partial charge is 0.326 e. The van der Waals surface area contributed by atoms with E-state index in [1.54, 1.807) is 0 Å². The van der Waals surface area contributed by atoms with Crippen LogP contribution in [0, 0.1) is 0 Å². The molecular weight excluding hydrogens is 200 g/mol. The molecule has 0 saturated heterocycles. The van der Waals surface area contributed by atoms with Gasteiger partial charge < -0.3 is 5.32 Å². The van der Waals surface area contributed by atoms with Gasteiger partial charge in [-0.05, 0) is 37.1 Å². The van der Waals surface area contributed by atoms with Gasteiger partial charge in [0.15, 0.2) is 0 Å². The summed E-state index contributed by atoms with van der Waals surface area (Å²) in [6.07, 6.45) is 0. The van der Waals surface area contributed by atoms with E-state index in [0.717, 1.165) is 18.8 Å². The van der Waals surface area contributed by atoms with Crippen LogP contribution in [-0.4, -0.2) is 16.8 Å². The number of carbonyl (C=O) groups excluding carboxylic acids is 1. The molecule has 1 amide bonds. The number of carbonyl (C=O) groups is 1. The van der Waals surface area contributed by atoms with Gasteiger partial charge in [0.05, 0.1) is 0 Å². The molecule has 1 N–H and O–H groups in total. The Morgan fingerprint density at radius 1 is 1.31 bits per heavy atom. The molecule has 1 aliphatic rings. The molecular formula is C13H18N2O. The first-order valence-electron chi connectivity index (χ1n) is 5.69. The molecule has 1 aliphatic heterocycles. The van der Waals surface area contributed by atoms with E-state index in [9.17, 15) is 4.79 Å². The molecule has 0 saturated carbocycles. The summed E-state index contributed by atoms with van der Waals surface area (Å²) in [7, 11) is 0. The molecule has 0 bridgehead atoms. The molecule has 0 spiro atoms. The molecule has 0 aromatic heterocycles. The Hall–Kier alpha value is -1.35. The molecule has 1 heterocycles. The van der Waals surface area contributed by atoms with Crippen molar-refractivity contribution in [3.05, 3.63) is 29.3 Å². The van der Waals surface area contributed by atoms with E-state index in [0.29, 0.717) is 6.04 Å². The number of anilines is 1. The maximum Gasteiger partial charge on any atom is 0.221 e. The second kappa shape index (κ2) is 4.26. The van der Waals surface area contributed by atoms with E-state index < -0.39 is 0 Å². The molecule has 0 unspecified atom stereocenters. The van der Waals surface area contributed by atoms with Crippen LogP contribution < -0.4 is 5.32 Å². The molecule has 0 fully saturated rings. The van der Waals surface area contributed by atoms with Crippen LogP contribution in [0.5, 0.6) is 0 Å². The van der Waals surface area contributed by atoms with Gasteiger partial charge in [-0.3, -0.25) is 9.69 Å². The van der Waals surface area contributed by atoms with E-state index in [4.69, 9.17) is 0 Å². The van der Waals surface area contributed by atoms with Gasteiger partial charge in [-0.15, -0.1) is 0 Å². The third-order valence-corrected chi connectivity index (χ3v) is 3.00. The van der Waals surface area contributed by atoms with Gasteiger partial charge in [0.1, 0.15) is 0 Å². The zero-order valence-corrected chi connectivity index (χ0v) is 10.1. The average Bonchev–Trinajstić information content (AvgIpc) is 2.59. The summed E-state index contributed by atoms with van der Waals surface area (Å²) >= 11 is 0. The fraction of sp³-hybridized carbons (Fsp3) is 0.462. The third kappa shape index (κ3) is 2.25. The number of amides is 1. The van der Waals surface area contributed by atoms with Crippen LogP contribution in [0.1, 0.15) is 31.9 Å². The molecule has 2 rings (SSSR count). The third-order valence-electron chi connectivity index (χ3n) is 3.00. The summed E-state index contributed by atoms with van der Waals surface area (Å²) in [5, 5.41) is 2.82. The lowest BCUT2D eigenvalue weighted by atomic mass is 10.1. The number of nitrogens with zero attached hydrogens (tertiary/aromatic N) is 1. The minimum absolute atomic E-state index is 0.0151. The van der Waals surface area contributed by atoms with Gasteiger partial charge in [0.2, 0.25) is 5.91 Å². The van der Waals surface area contributed by atoms with Crippen molar-refractivity contribution < 1.29 is 4.79 Å². The summed E-state index contributed by atoms with van der Waals surface area (Å²) in [6, 6.07) is 6.74. The smallest absolute Gasteiger partial charge is 0.221 e. The van der Waals surface area contributed by atoms with Gasteiger partial charge in [0, 0.05) is 31.7 Å². The maximum atomic E-state index is 11.0. The highest BCUT2D eigenvalue weighted by Crippen LogP contribution is 2.26. The SMILES string of the molecule is CC(=O)Nc1ccc2c(c1)CN(C(C)C)C2. The summed E-state index contributed by atoms with van der Waals surface area (Å²) in [4.78, 5) is 13.4. The highest BCUT2D eigenvalue weighted by molar-refractivity contribution is 5.88. The van der Waals surface area contributed by atoms with E-state index in [1.807, 2.05) is 6.07 Å². The molecule has 1 aromatic carbocycles. The molecule has 0 atom stereocenters. The van der Waals surface area contributed by atoms with E-state index in [-0.39, 0.29) is 5.91 Å². The van der Waals surface area contributed by atoms with E-state index in [1.165, 1.54) is 18.1 Å². The minimum Gasteiger partial charge on any atom is -0.326 e. The van der Waals surface area contributed by atoms with Crippen molar-refractivity contribution in [2.75, 3.05) is 5.32 Å². The summed E-state index contributed by atoms with van der Waals surface area (Å²) in [5.74, 6) is -0.0151. The van der Waals surface area contributed by atoms with Crippen LogP contribution in [0.3, 0.4) is 0 Å². The second-order valence-electron chi connectivity index (χ2n) is 4.66. The normalized spacial score (nSPS) is 15.2. The van der Waals surface area contributed by atoms with Crippen LogP contribution in [-0.2, 0) is 17.9 Å². The zero-order chi connectivity index (χ0) is 11.7. The second-order valence-corrected chi connectivity index (χ2v) is 4.66. The van der Waals surface area contributed by atoms with Crippen molar-refractivity contribution in [1.29, 1.82) is 0 Å². The number of fused-ring (bicyclic) bond motifs is 1. The van der Waals surface area contributed by atoms with E-state index >= 15 is 0 Å². The number of benzene rings is 1. The number of nitrogens with one attached hydrogen (secondary N) is 1. The average molecular weight is 218 g/mol. The lowest BCUT2D eigenvalue weighted by Crippen LogP contribution is -2.24. The Morgan fingerprint density at radius 3 is 2.62 bits per heavy atom. The number of hydrogen-bond donors (Lipinski definition) is 1. The van der Waals surface area contributed by atoms with Crippen molar-refractivity contribution in [2.45, 2.75) is 39.9 Å². The predicted octanol–water partition coefficient (Wildman–Crippen LogP) is 2.37. The highest BCUT2D eigenvalue weighted by atomic mass is 16.1. The molecule has 16 heavy (non-hydrogen) atoms. The first-order chi connectivity index (χ1) is 7.56. The fourth-order valence-corrected chi connectivity index (χ4v) is 2.07. The fourth-order valence-electron chi connectivity index (χ4n) is 2.07. The minimum atomic E-state index is -0.0151. The quantitative estimate of drug-likeness (QED) is 0.826. The Balaban J connectivity index is 2.17. The van der Waals surface area contributed by atoms with Gasteiger partial charge in [0.25, 0.3) is 0 Å². The van der Waals surface area contributed by atoms with Crippen LogP contribution in [0.25, 0.3) is 0 Å². The van der Waals surface area contributed by atoms with Crippen molar-refractivity contribution in [2.24, 2.45) is 0 Å². The van der Waals surface area contributed by atoms with Gasteiger partial charge >= 0.3 is 0 Å². The maximum absolute atomic E-state index is 11.0. The van der Waals surface area contributed by atoms with Gasteiger partial charge in [-0.25, -0.2) is 0 Å². The van der Waals surface area contributed by atoms with Gasteiger partial charge in [-0.1, -0.05) is 6.07 Å². The van der Waals surface area contributed by atoms with Crippen LogP contribution in [0.15, 0.2) is 18.2 Å². The first kappa shape index (κ1) is 11.1. The Labute approximate surface area is 96.5 Å². The lowest BCUT2D eigenvalue weighted by molar-refractivity contribution is -0.114. The Bertz CT molecular complexity index is 412. The highest BCUT2D eigenvalue weighted by Gasteiger charge is 2.20. The first-order valence-corrected chi connectivity index (χ1v) is 5.69. The lowest BCUT2D eigenvalue weighted by Gasteiger charge is -2.18. The number of hydrogen-bond acceptors (Lipinski definition) is 2.